The average Bonchev–Trinajstić information content (AvgIpc) is 2.80. The molecule has 0 fully saturated rings. The number of aryl methyl sites for hydroxylation is 2. The highest BCUT2D eigenvalue weighted by Crippen LogP contribution is 2.35. The van der Waals surface area contributed by atoms with E-state index in [0.717, 1.165) is 22.6 Å². The normalized spacial score (nSPS) is 11.8. The molecule has 0 spiro atoms. The van der Waals surface area contributed by atoms with E-state index in [1.165, 1.54) is 5.56 Å². The van der Waals surface area contributed by atoms with Gasteiger partial charge in [-0.2, -0.15) is 0 Å². The Balaban J connectivity index is 1.58. The average molecular weight is 463 g/mol. The van der Waals surface area contributed by atoms with Crippen LogP contribution in [0, 0.1) is 6.92 Å². The Morgan fingerprint density at radius 2 is 1.68 bits per heavy atom. The first-order valence-electron chi connectivity index (χ1n) is 11.8. The van der Waals surface area contributed by atoms with Crippen molar-refractivity contribution in [1.82, 2.24) is 0 Å². The third kappa shape index (κ3) is 7.55. The minimum Gasteiger partial charge on any atom is -0.493 e. The molecule has 0 radical (unpaired) electrons. The van der Waals surface area contributed by atoms with Crippen molar-refractivity contribution in [2.45, 2.75) is 59.0 Å². The van der Waals surface area contributed by atoms with Gasteiger partial charge in [0.25, 0.3) is 0 Å². The largest absolute Gasteiger partial charge is 0.493 e. The first kappa shape index (κ1) is 25.2. The maximum Gasteiger partial charge on any atom is 0.303 e. The van der Waals surface area contributed by atoms with Gasteiger partial charge in [-0.3, -0.25) is 4.79 Å². The second kappa shape index (κ2) is 12.1. The number of para-hydroxylation sites is 1. The van der Waals surface area contributed by atoms with E-state index in [-0.39, 0.29) is 12.5 Å². The Morgan fingerprint density at radius 3 is 2.35 bits per heavy atom. The first-order valence-corrected chi connectivity index (χ1v) is 11.8. The SMILES string of the molecule is Cc1cc(OCC[C@@H](C)Oc2ccc(C(C)C)cc2Oc2ccccc2)ccc1CCC(=O)O. The maximum atomic E-state index is 10.8. The Hall–Kier alpha value is -3.47. The molecule has 5 nitrogen and oxygen atoms in total. The van der Waals surface area contributed by atoms with E-state index in [4.69, 9.17) is 19.3 Å². The van der Waals surface area contributed by atoms with Crippen molar-refractivity contribution < 1.29 is 24.1 Å². The van der Waals surface area contributed by atoms with Crippen molar-refractivity contribution in [3.05, 3.63) is 83.4 Å². The lowest BCUT2D eigenvalue weighted by Gasteiger charge is -2.19. The molecule has 34 heavy (non-hydrogen) atoms. The summed E-state index contributed by atoms with van der Waals surface area (Å²) in [6, 6.07) is 21.6. The second-order valence-corrected chi connectivity index (χ2v) is 8.82. The van der Waals surface area contributed by atoms with Crippen molar-refractivity contribution in [3.63, 3.8) is 0 Å². The fraction of sp³-hybridized carbons (Fsp3) is 0.345. The van der Waals surface area contributed by atoms with Gasteiger partial charge in [0.1, 0.15) is 11.5 Å². The number of rotatable bonds is 12. The Bertz CT molecular complexity index is 1080. The molecule has 0 aromatic heterocycles. The van der Waals surface area contributed by atoms with E-state index in [1.807, 2.05) is 74.5 Å². The molecule has 1 N–H and O–H groups in total. The summed E-state index contributed by atoms with van der Waals surface area (Å²) >= 11 is 0. The van der Waals surface area contributed by atoms with Crippen LogP contribution in [0.2, 0.25) is 0 Å². The van der Waals surface area contributed by atoms with Crippen LogP contribution >= 0.6 is 0 Å². The molecule has 1 atom stereocenters. The molecule has 0 aliphatic carbocycles. The fourth-order valence-electron chi connectivity index (χ4n) is 3.58. The number of carboxylic acid groups (broad SMARTS) is 1. The van der Waals surface area contributed by atoms with E-state index in [1.54, 1.807) is 0 Å². The fourth-order valence-corrected chi connectivity index (χ4v) is 3.58. The van der Waals surface area contributed by atoms with Crippen LogP contribution in [0.5, 0.6) is 23.0 Å². The van der Waals surface area contributed by atoms with Crippen molar-refractivity contribution >= 4 is 5.97 Å². The molecule has 3 aromatic rings. The van der Waals surface area contributed by atoms with Gasteiger partial charge in [0, 0.05) is 12.8 Å². The summed E-state index contributed by atoms with van der Waals surface area (Å²) in [5.41, 5.74) is 3.26. The number of carboxylic acids is 1. The molecular formula is C29H34O5. The summed E-state index contributed by atoms with van der Waals surface area (Å²) in [5.74, 6) is 2.56. The third-order valence-electron chi connectivity index (χ3n) is 5.65. The van der Waals surface area contributed by atoms with Crippen LogP contribution in [0.15, 0.2) is 66.7 Å². The van der Waals surface area contributed by atoms with E-state index in [9.17, 15) is 4.79 Å². The summed E-state index contributed by atoms with van der Waals surface area (Å²) < 4.78 is 18.3. The Labute approximate surface area is 202 Å². The smallest absolute Gasteiger partial charge is 0.303 e. The predicted molar refractivity (Wildman–Crippen MR) is 134 cm³/mol. The number of hydrogen-bond donors (Lipinski definition) is 1. The summed E-state index contributed by atoms with van der Waals surface area (Å²) in [5, 5.41) is 8.88. The quantitative estimate of drug-likeness (QED) is 0.309. The lowest BCUT2D eigenvalue weighted by atomic mass is 10.0. The van der Waals surface area contributed by atoms with E-state index in [2.05, 4.69) is 19.9 Å². The third-order valence-corrected chi connectivity index (χ3v) is 5.65. The summed E-state index contributed by atoms with van der Waals surface area (Å²) in [6.45, 7) is 8.82. The van der Waals surface area contributed by atoms with Crippen molar-refractivity contribution in [2.24, 2.45) is 0 Å². The highest BCUT2D eigenvalue weighted by molar-refractivity contribution is 5.67. The number of benzene rings is 3. The van der Waals surface area contributed by atoms with Gasteiger partial charge in [-0.15, -0.1) is 0 Å². The zero-order chi connectivity index (χ0) is 24.5. The first-order chi connectivity index (χ1) is 16.3. The molecule has 0 aliphatic rings. The van der Waals surface area contributed by atoms with Crippen LogP contribution in [0.25, 0.3) is 0 Å². The van der Waals surface area contributed by atoms with E-state index >= 15 is 0 Å². The summed E-state index contributed by atoms with van der Waals surface area (Å²) in [4.78, 5) is 10.8. The molecule has 0 saturated heterocycles. The number of hydrogen-bond acceptors (Lipinski definition) is 4. The monoisotopic (exact) mass is 462 g/mol. The standard InChI is InChI=1S/C29H34O5/c1-20(2)24-11-14-27(28(19-24)34-25-8-6-5-7-9-25)33-22(4)16-17-32-26-13-10-23(21(3)18-26)12-15-29(30)31/h5-11,13-14,18-20,22H,12,15-17H2,1-4H3,(H,30,31)/t22-/m1/s1. The summed E-state index contributed by atoms with van der Waals surface area (Å²) in [7, 11) is 0. The molecular weight excluding hydrogens is 428 g/mol. The molecule has 0 bridgehead atoms. The van der Waals surface area contributed by atoms with Crippen LogP contribution < -0.4 is 14.2 Å². The molecule has 0 amide bonds. The van der Waals surface area contributed by atoms with Crippen LogP contribution in [0.4, 0.5) is 0 Å². The molecule has 0 unspecified atom stereocenters. The van der Waals surface area contributed by atoms with Gasteiger partial charge >= 0.3 is 5.97 Å². The van der Waals surface area contributed by atoms with Gasteiger partial charge in [-0.1, -0.05) is 44.2 Å². The van der Waals surface area contributed by atoms with Gasteiger partial charge in [0.05, 0.1) is 12.7 Å². The summed E-state index contributed by atoms with van der Waals surface area (Å²) in [6.07, 6.45) is 1.29. The number of carbonyl (C=O) groups is 1. The van der Waals surface area contributed by atoms with Crippen molar-refractivity contribution in [1.29, 1.82) is 0 Å². The van der Waals surface area contributed by atoms with E-state index < -0.39 is 5.97 Å². The van der Waals surface area contributed by atoms with Crippen LogP contribution in [-0.2, 0) is 11.2 Å². The Morgan fingerprint density at radius 1 is 0.912 bits per heavy atom. The lowest BCUT2D eigenvalue weighted by molar-refractivity contribution is -0.136. The van der Waals surface area contributed by atoms with Gasteiger partial charge in [-0.25, -0.2) is 0 Å². The predicted octanol–water partition coefficient (Wildman–Crippen LogP) is 7.16. The maximum absolute atomic E-state index is 10.8. The van der Waals surface area contributed by atoms with Gasteiger partial charge in [0.2, 0.25) is 0 Å². The van der Waals surface area contributed by atoms with Crippen LogP contribution in [0.1, 0.15) is 56.2 Å². The lowest BCUT2D eigenvalue weighted by Crippen LogP contribution is -2.16. The molecule has 3 aromatic carbocycles. The highest BCUT2D eigenvalue weighted by Gasteiger charge is 2.14. The van der Waals surface area contributed by atoms with Crippen LogP contribution in [-0.4, -0.2) is 23.8 Å². The molecule has 3 rings (SSSR count). The number of ether oxygens (including phenoxy) is 3. The van der Waals surface area contributed by atoms with Crippen LogP contribution in [0.3, 0.4) is 0 Å². The minimum atomic E-state index is -0.787. The second-order valence-electron chi connectivity index (χ2n) is 8.82. The molecule has 5 heteroatoms. The number of aliphatic carboxylic acids is 1. The highest BCUT2D eigenvalue weighted by atomic mass is 16.5. The van der Waals surface area contributed by atoms with Gasteiger partial charge < -0.3 is 19.3 Å². The molecule has 0 saturated carbocycles. The van der Waals surface area contributed by atoms with Gasteiger partial charge in [-0.05, 0) is 79.3 Å². The molecule has 0 heterocycles. The van der Waals surface area contributed by atoms with Gasteiger partial charge in [0.15, 0.2) is 11.5 Å². The van der Waals surface area contributed by atoms with E-state index in [0.29, 0.717) is 36.9 Å². The molecule has 0 aliphatic heterocycles. The topological polar surface area (TPSA) is 65.0 Å². The molecule has 180 valence electrons. The Kier molecular flexibility index (Phi) is 8.97. The zero-order valence-corrected chi connectivity index (χ0v) is 20.4. The zero-order valence-electron chi connectivity index (χ0n) is 20.4. The van der Waals surface area contributed by atoms with Crippen molar-refractivity contribution in [3.8, 4) is 23.0 Å². The van der Waals surface area contributed by atoms with Crippen molar-refractivity contribution in [2.75, 3.05) is 6.61 Å². The minimum absolute atomic E-state index is 0.0704.